The van der Waals surface area contributed by atoms with Crippen molar-refractivity contribution >= 4 is 23.2 Å². The van der Waals surface area contributed by atoms with Crippen LogP contribution in [0.4, 0.5) is 11.4 Å². The van der Waals surface area contributed by atoms with Crippen molar-refractivity contribution in [1.82, 2.24) is 0 Å². The topological polar surface area (TPSA) is 74.6 Å². The highest BCUT2D eigenvalue weighted by atomic mass is 16.5. The van der Waals surface area contributed by atoms with E-state index < -0.39 is 12.1 Å². The van der Waals surface area contributed by atoms with Gasteiger partial charge in [-0.25, -0.2) is 9.91 Å². The van der Waals surface area contributed by atoms with Gasteiger partial charge in [-0.15, -0.1) is 0 Å². The van der Waals surface area contributed by atoms with Crippen molar-refractivity contribution in [3.05, 3.63) is 54.6 Å². The van der Waals surface area contributed by atoms with E-state index in [1.807, 2.05) is 6.07 Å². The molecule has 0 N–H and O–H groups in total. The average Bonchev–Trinajstić information content (AvgIpc) is 3.16. The summed E-state index contributed by atoms with van der Waals surface area (Å²) in [5.74, 6) is -0.0443. The van der Waals surface area contributed by atoms with Gasteiger partial charge in [0.05, 0.1) is 18.5 Å². The molecule has 2 heterocycles. The molecule has 0 unspecified atom stereocenters. The van der Waals surface area contributed by atoms with Gasteiger partial charge in [0.25, 0.3) is 11.8 Å². The van der Waals surface area contributed by atoms with Crippen molar-refractivity contribution in [2.75, 3.05) is 17.0 Å². The first-order valence-electron chi connectivity index (χ1n) is 7.47. The fourth-order valence-corrected chi connectivity index (χ4v) is 2.96. The fourth-order valence-electron chi connectivity index (χ4n) is 2.96. The van der Waals surface area contributed by atoms with E-state index >= 15 is 0 Å². The van der Waals surface area contributed by atoms with Gasteiger partial charge in [0.1, 0.15) is 5.75 Å². The van der Waals surface area contributed by atoms with Crippen LogP contribution in [0.2, 0.25) is 0 Å². The van der Waals surface area contributed by atoms with E-state index in [4.69, 9.17) is 4.74 Å². The summed E-state index contributed by atoms with van der Waals surface area (Å²) < 4.78 is 5.20. The Balaban J connectivity index is 1.70. The van der Waals surface area contributed by atoms with Gasteiger partial charge in [0.15, 0.2) is 12.1 Å². The second-order valence-corrected chi connectivity index (χ2v) is 5.49. The number of rotatable bonds is 3. The summed E-state index contributed by atoms with van der Waals surface area (Å²) in [5, 5.41) is 9.53. The molecule has 0 aromatic heterocycles. The summed E-state index contributed by atoms with van der Waals surface area (Å²) >= 11 is 0. The van der Waals surface area contributed by atoms with E-state index in [0.717, 1.165) is 0 Å². The molecule has 0 radical (unpaired) electrons. The molecule has 2 aromatic rings. The van der Waals surface area contributed by atoms with Gasteiger partial charge in [0, 0.05) is 6.07 Å². The van der Waals surface area contributed by atoms with Gasteiger partial charge in [0.2, 0.25) is 0 Å². The molecule has 7 nitrogen and oxygen atoms in total. The van der Waals surface area contributed by atoms with Crippen molar-refractivity contribution in [3.63, 3.8) is 0 Å². The maximum atomic E-state index is 12.8. The third-order valence-electron chi connectivity index (χ3n) is 4.11. The largest absolute Gasteiger partial charge is 0.497 e. The molecule has 2 atom stereocenters. The van der Waals surface area contributed by atoms with Gasteiger partial charge >= 0.3 is 0 Å². The third kappa shape index (κ3) is 2.05. The van der Waals surface area contributed by atoms with Gasteiger partial charge in [-0.1, -0.05) is 29.5 Å². The molecule has 0 saturated carbocycles. The molecule has 4 rings (SSSR count). The molecule has 0 spiro atoms. The Hall–Kier alpha value is -3.22. The molecule has 24 heavy (non-hydrogen) atoms. The summed E-state index contributed by atoms with van der Waals surface area (Å²) in [7, 11) is 1.56. The van der Waals surface area contributed by atoms with Crippen LogP contribution in [-0.2, 0) is 9.59 Å². The molecule has 0 bridgehead atoms. The molecule has 7 heteroatoms. The van der Waals surface area contributed by atoms with Crippen molar-refractivity contribution < 1.29 is 14.3 Å². The minimum absolute atomic E-state index is 0.330. The average molecular weight is 322 g/mol. The molecular weight excluding hydrogens is 308 g/mol. The Morgan fingerprint density at radius 3 is 2.46 bits per heavy atom. The van der Waals surface area contributed by atoms with E-state index in [-0.39, 0.29) is 11.8 Å². The summed E-state index contributed by atoms with van der Waals surface area (Å²) in [6, 6.07) is 14.4. The predicted molar refractivity (Wildman–Crippen MR) is 86.8 cm³/mol. The van der Waals surface area contributed by atoms with E-state index in [1.165, 1.54) is 9.91 Å². The number of anilines is 2. The second-order valence-electron chi connectivity index (χ2n) is 5.49. The molecule has 120 valence electrons. The second kappa shape index (κ2) is 5.45. The van der Waals surface area contributed by atoms with Crippen molar-refractivity contribution in [1.29, 1.82) is 0 Å². The smallest absolute Gasteiger partial charge is 0.263 e. The molecular formula is C17H14N4O3. The molecule has 2 aromatic carbocycles. The van der Waals surface area contributed by atoms with Crippen molar-refractivity contribution in [2.45, 2.75) is 12.1 Å². The number of hydrogen-bond donors (Lipinski definition) is 0. The predicted octanol–water partition coefficient (Wildman–Crippen LogP) is 2.19. The van der Waals surface area contributed by atoms with Crippen LogP contribution in [0.15, 0.2) is 64.9 Å². The van der Waals surface area contributed by atoms with E-state index in [1.54, 1.807) is 55.6 Å². The lowest BCUT2D eigenvalue weighted by molar-refractivity contribution is -0.121. The summed E-state index contributed by atoms with van der Waals surface area (Å²) in [6.07, 6.45) is 0. The number of fused-ring (bicyclic) bond motifs is 1. The molecule has 2 aliphatic heterocycles. The first-order valence-corrected chi connectivity index (χ1v) is 7.47. The van der Waals surface area contributed by atoms with Crippen LogP contribution in [0.3, 0.4) is 0 Å². The Bertz CT molecular complexity index is 837. The number of benzene rings is 2. The lowest BCUT2D eigenvalue weighted by Gasteiger charge is -2.20. The maximum absolute atomic E-state index is 12.8. The highest BCUT2D eigenvalue weighted by Gasteiger charge is 2.55. The quantitative estimate of drug-likeness (QED) is 0.812. The number of nitrogens with zero attached hydrogens (tertiary/aromatic N) is 4. The number of hydrogen-bond acceptors (Lipinski definition) is 6. The first-order chi connectivity index (χ1) is 11.7. The van der Waals surface area contributed by atoms with Crippen LogP contribution in [0, 0.1) is 0 Å². The van der Waals surface area contributed by atoms with Gasteiger partial charge in [-0.2, -0.15) is 5.11 Å². The zero-order valence-corrected chi connectivity index (χ0v) is 12.9. The zero-order valence-electron chi connectivity index (χ0n) is 12.9. The van der Waals surface area contributed by atoms with Crippen LogP contribution < -0.4 is 14.6 Å². The number of carbonyl (C=O) groups excluding carboxylic acids is 2. The summed E-state index contributed by atoms with van der Waals surface area (Å²) in [5.41, 5.74) is 1.20. The molecule has 2 amide bonds. The van der Waals surface area contributed by atoms with E-state index in [0.29, 0.717) is 17.1 Å². The lowest BCUT2D eigenvalue weighted by atomic mass is 10.1. The minimum Gasteiger partial charge on any atom is -0.497 e. The van der Waals surface area contributed by atoms with Crippen LogP contribution in [0.25, 0.3) is 0 Å². The molecule has 1 fully saturated rings. The van der Waals surface area contributed by atoms with E-state index in [2.05, 4.69) is 10.3 Å². The van der Waals surface area contributed by atoms with Gasteiger partial charge in [-0.3, -0.25) is 9.59 Å². The normalized spacial score (nSPS) is 22.2. The fraction of sp³-hybridized carbons (Fsp3) is 0.176. The highest BCUT2D eigenvalue weighted by molar-refractivity contribution is 6.26. The Morgan fingerprint density at radius 1 is 0.958 bits per heavy atom. The molecule has 0 aliphatic carbocycles. The van der Waals surface area contributed by atoms with Gasteiger partial charge < -0.3 is 4.74 Å². The standard InChI is InChI=1S/C17H14N4O3/c1-24-13-9-5-8-12(10-13)21-15-14(18-19-21)16(22)20(17(15)23)11-6-3-2-4-7-11/h2-10,14-15H,1H3/t14-,15-/m1/s1. The summed E-state index contributed by atoms with van der Waals surface area (Å²) in [6.45, 7) is 0. The molecule has 2 aliphatic rings. The Morgan fingerprint density at radius 2 is 1.71 bits per heavy atom. The van der Waals surface area contributed by atoms with Crippen LogP contribution in [-0.4, -0.2) is 31.0 Å². The minimum atomic E-state index is -0.816. The Kier molecular flexibility index (Phi) is 3.26. The summed E-state index contributed by atoms with van der Waals surface area (Å²) in [4.78, 5) is 26.6. The third-order valence-corrected chi connectivity index (χ3v) is 4.11. The number of imide groups is 1. The zero-order chi connectivity index (χ0) is 16.7. The molecule has 1 saturated heterocycles. The first kappa shape index (κ1) is 14.4. The number of carbonyl (C=O) groups is 2. The van der Waals surface area contributed by atoms with Crippen LogP contribution >= 0.6 is 0 Å². The number of amides is 2. The van der Waals surface area contributed by atoms with Crippen LogP contribution in [0.1, 0.15) is 0 Å². The number of ether oxygens (including phenoxy) is 1. The highest BCUT2D eigenvalue weighted by Crippen LogP contribution is 2.35. The van der Waals surface area contributed by atoms with Crippen molar-refractivity contribution in [2.24, 2.45) is 10.3 Å². The van der Waals surface area contributed by atoms with E-state index in [9.17, 15) is 9.59 Å². The maximum Gasteiger partial charge on any atom is 0.263 e. The number of para-hydroxylation sites is 1. The monoisotopic (exact) mass is 322 g/mol. The number of methoxy groups -OCH3 is 1. The van der Waals surface area contributed by atoms with Crippen LogP contribution in [0.5, 0.6) is 5.75 Å². The SMILES string of the molecule is COc1cccc(N2N=N[C@H]3C(=O)N(c4ccccc4)C(=O)[C@@H]32)c1. The van der Waals surface area contributed by atoms with Gasteiger partial charge in [-0.05, 0) is 24.3 Å². The lowest BCUT2D eigenvalue weighted by Crippen LogP contribution is -2.39. The Labute approximate surface area is 138 Å². The van der Waals surface area contributed by atoms with Crippen molar-refractivity contribution in [3.8, 4) is 5.75 Å².